The molecule has 3 rings (SSSR count). The van der Waals surface area contributed by atoms with Gasteiger partial charge in [0.1, 0.15) is 0 Å². The number of hydrogen-bond donors (Lipinski definition) is 2. The van der Waals surface area contributed by atoms with Crippen molar-refractivity contribution < 1.29 is 14.4 Å². The van der Waals surface area contributed by atoms with Gasteiger partial charge in [-0.1, -0.05) is 38.5 Å². The van der Waals surface area contributed by atoms with Gasteiger partial charge >= 0.3 is 0 Å². The number of anilines is 2. The molecule has 0 unspecified atom stereocenters. The zero-order valence-electron chi connectivity index (χ0n) is 17.6. The molecule has 1 heterocycles. The monoisotopic (exact) mass is 407 g/mol. The zero-order valence-corrected chi connectivity index (χ0v) is 17.6. The Morgan fingerprint density at radius 3 is 2.47 bits per heavy atom. The van der Waals surface area contributed by atoms with Crippen molar-refractivity contribution in [2.45, 2.75) is 39.5 Å². The average molecular weight is 408 g/mol. The van der Waals surface area contributed by atoms with Gasteiger partial charge in [-0.3, -0.25) is 14.4 Å². The van der Waals surface area contributed by atoms with Gasteiger partial charge in [-0.25, -0.2) is 0 Å². The van der Waals surface area contributed by atoms with Gasteiger partial charge in [-0.2, -0.15) is 0 Å². The molecule has 6 heteroatoms. The van der Waals surface area contributed by atoms with Crippen LogP contribution in [0.1, 0.15) is 49.0 Å². The highest BCUT2D eigenvalue weighted by Gasteiger charge is 2.33. The molecule has 6 nitrogen and oxygen atoms in total. The quantitative estimate of drug-likeness (QED) is 0.692. The summed E-state index contributed by atoms with van der Waals surface area (Å²) < 4.78 is 0. The molecule has 1 aliphatic heterocycles. The number of carbonyl (C=O) groups excluding carboxylic acids is 3. The number of aryl methyl sites for hydroxylation is 1. The second kappa shape index (κ2) is 10.1. The van der Waals surface area contributed by atoms with E-state index in [0.29, 0.717) is 24.3 Å². The van der Waals surface area contributed by atoms with Gasteiger partial charge in [0.25, 0.3) is 5.91 Å². The Labute approximate surface area is 177 Å². The Bertz CT molecular complexity index is 908. The Balaban J connectivity index is 1.57. The van der Waals surface area contributed by atoms with Crippen LogP contribution < -0.4 is 10.6 Å². The van der Waals surface area contributed by atoms with Crippen LogP contribution in [0.5, 0.6) is 0 Å². The maximum atomic E-state index is 12.5. The predicted octanol–water partition coefficient (Wildman–Crippen LogP) is 4.09. The first kappa shape index (κ1) is 21.6. The molecule has 1 atom stereocenters. The number of nitrogens with one attached hydrogen (secondary N) is 2. The first-order chi connectivity index (χ1) is 14.5. The molecule has 1 aliphatic rings. The van der Waals surface area contributed by atoms with E-state index in [1.807, 2.05) is 31.2 Å². The summed E-state index contributed by atoms with van der Waals surface area (Å²) >= 11 is 0. The van der Waals surface area contributed by atoms with Gasteiger partial charge < -0.3 is 15.5 Å². The molecule has 2 N–H and O–H groups in total. The molecular formula is C24H29N3O3. The maximum Gasteiger partial charge on any atom is 0.255 e. The third-order valence-corrected chi connectivity index (χ3v) is 5.43. The van der Waals surface area contributed by atoms with Crippen LogP contribution in [0.25, 0.3) is 0 Å². The van der Waals surface area contributed by atoms with Crippen molar-refractivity contribution in [1.29, 1.82) is 0 Å². The van der Waals surface area contributed by atoms with Crippen LogP contribution in [0.3, 0.4) is 0 Å². The average Bonchev–Trinajstić information content (AvgIpc) is 3.13. The van der Waals surface area contributed by atoms with Crippen LogP contribution in [-0.4, -0.2) is 35.7 Å². The lowest BCUT2D eigenvalue weighted by atomic mass is 10.1. The number of likely N-dealkylation sites (tertiary alicyclic amines) is 1. The lowest BCUT2D eigenvalue weighted by Gasteiger charge is -2.16. The third-order valence-electron chi connectivity index (χ3n) is 5.43. The highest BCUT2D eigenvalue weighted by atomic mass is 16.2. The third kappa shape index (κ3) is 5.26. The van der Waals surface area contributed by atoms with E-state index in [2.05, 4.69) is 17.6 Å². The van der Waals surface area contributed by atoms with Gasteiger partial charge in [-0.15, -0.1) is 0 Å². The molecule has 2 aromatic rings. The van der Waals surface area contributed by atoms with Crippen molar-refractivity contribution in [3.63, 3.8) is 0 Å². The second-order valence-electron chi connectivity index (χ2n) is 7.63. The number of benzene rings is 2. The van der Waals surface area contributed by atoms with Crippen LogP contribution >= 0.6 is 0 Å². The summed E-state index contributed by atoms with van der Waals surface area (Å²) in [6.45, 7) is 5.31. The van der Waals surface area contributed by atoms with Gasteiger partial charge in [0.2, 0.25) is 11.8 Å². The zero-order chi connectivity index (χ0) is 21.5. The number of unbranched alkanes of at least 4 members (excludes halogenated alkanes) is 1. The van der Waals surface area contributed by atoms with E-state index in [-0.39, 0.29) is 30.1 Å². The maximum absolute atomic E-state index is 12.5. The minimum absolute atomic E-state index is 0.0444. The largest absolute Gasteiger partial charge is 0.342 e. The number of amides is 3. The molecule has 3 amide bonds. The second-order valence-corrected chi connectivity index (χ2v) is 7.63. The molecule has 0 aromatic heterocycles. The fourth-order valence-corrected chi connectivity index (χ4v) is 3.61. The smallest absolute Gasteiger partial charge is 0.255 e. The highest BCUT2D eigenvalue weighted by molar-refractivity contribution is 6.05. The fraction of sp³-hybridized carbons (Fsp3) is 0.375. The van der Waals surface area contributed by atoms with Gasteiger partial charge in [0.15, 0.2) is 0 Å². The van der Waals surface area contributed by atoms with Gasteiger partial charge in [-0.05, 0) is 48.7 Å². The molecule has 0 spiro atoms. The van der Waals surface area contributed by atoms with Crippen molar-refractivity contribution in [3.05, 3.63) is 59.7 Å². The Kier molecular flexibility index (Phi) is 7.22. The highest BCUT2D eigenvalue weighted by Crippen LogP contribution is 2.21. The van der Waals surface area contributed by atoms with E-state index in [4.69, 9.17) is 0 Å². The fourth-order valence-electron chi connectivity index (χ4n) is 3.61. The summed E-state index contributed by atoms with van der Waals surface area (Å²) in [7, 11) is 0. The summed E-state index contributed by atoms with van der Waals surface area (Å²) in [5.41, 5.74) is 3.01. The molecule has 2 aromatic carbocycles. The molecule has 158 valence electrons. The number of carbonyl (C=O) groups is 3. The van der Waals surface area contributed by atoms with E-state index in [1.165, 1.54) is 0 Å². The van der Waals surface area contributed by atoms with E-state index < -0.39 is 0 Å². The molecule has 0 saturated carbocycles. The minimum atomic E-state index is -0.331. The van der Waals surface area contributed by atoms with Crippen molar-refractivity contribution >= 4 is 29.1 Å². The van der Waals surface area contributed by atoms with Crippen LogP contribution in [-0.2, 0) is 16.0 Å². The summed E-state index contributed by atoms with van der Waals surface area (Å²) in [5.74, 6) is -0.635. The number of nitrogens with zero attached hydrogens (tertiary/aromatic N) is 1. The Morgan fingerprint density at radius 2 is 1.77 bits per heavy atom. The molecule has 0 bridgehead atoms. The van der Waals surface area contributed by atoms with E-state index in [9.17, 15) is 14.4 Å². The minimum Gasteiger partial charge on any atom is -0.342 e. The Morgan fingerprint density at radius 1 is 1.03 bits per heavy atom. The number of rotatable bonds is 8. The van der Waals surface area contributed by atoms with Gasteiger partial charge in [0.05, 0.1) is 5.92 Å². The summed E-state index contributed by atoms with van der Waals surface area (Å²) in [4.78, 5) is 38.9. The van der Waals surface area contributed by atoms with Crippen molar-refractivity contribution in [2.24, 2.45) is 5.92 Å². The van der Waals surface area contributed by atoms with Crippen LogP contribution in [0.15, 0.2) is 48.5 Å². The summed E-state index contributed by atoms with van der Waals surface area (Å²) in [6.07, 6.45) is 3.06. The molecular weight excluding hydrogens is 378 g/mol. The number of para-hydroxylation sites is 1. The van der Waals surface area contributed by atoms with E-state index in [0.717, 1.165) is 30.5 Å². The first-order valence-corrected chi connectivity index (χ1v) is 10.6. The molecule has 1 saturated heterocycles. The summed E-state index contributed by atoms with van der Waals surface area (Å²) in [5, 5.41) is 5.81. The van der Waals surface area contributed by atoms with E-state index in [1.54, 1.807) is 29.2 Å². The normalized spacial score (nSPS) is 15.9. The van der Waals surface area contributed by atoms with Crippen molar-refractivity contribution in [3.8, 4) is 0 Å². The lowest BCUT2D eigenvalue weighted by Crippen LogP contribution is -2.29. The lowest BCUT2D eigenvalue weighted by molar-refractivity contribution is -0.128. The Hall–Kier alpha value is -3.15. The van der Waals surface area contributed by atoms with Crippen LogP contribution in [0.2, 0.25) is 0 Å². The first-order valence-electron chi connectivity index (χ1n) is 10.6. The van der Waals surface area contributed by atoms with Gasteiger partial charge in [0, 0.05) is 36.4 Å². The van der Waals surface area contributed by atoms with Crippen LogP contribution in [0.4, 0.5) is 11.4 Å². The van der Waals surface area contributed by atoms with Crippen molar-refractivity contribution in [2.75, 3.05) is 23.7 Å². The predicted molar refractivity (Wildman–Crippen MR) is 118 cm³/mol. The van der Waals surface area contributed by atoms with Crippen LogP contribution in [0, 0.1) is 5.92 Å². The molecule has 0 aliphatic carbocycles. The summed E-state index contributed by atoms with van der Waals surface area (Å²) in [6, 6.07) is 14.5. The molecule has 1 fully saturated rings. The standard InChI is InChI=1S/C24H29N3O3/c1-3-5-14-27-16-19(15-22(27)28)24(30)25-20-12-10-18(11-13-20)23(29)26-21-9-7-6-8-17(21)4-2/h6-13,19H,3-5,14-16H2,1-2H3,(H,25,30)(H,26,29)/t19-/m1/s1. The molecule has 0 radical (unpaired) electrons. The van der Waals surface area contributed by atoms with E-state index >= 15 is 0 Å². The topological polar surface area (TPSA) is 78.5 Å². The SMILES string of the molecule is CCCCN1C[C@H](C(=O)Nc2ccc(C(=O)Nc3ccccc3CC)cc2)CC1=O. The number of hydrogen-bond acceptors (Lipinski definition) is 3. The van der Waals surface area contributed by atoms with Crippen molar-refractivity contribution in [1.82, 2.24) is 4.90 Å². The molecule has 30 heavy (non-hydrogen) atoms.